The number of nitrogens with zero attached hydrogens (tertiary/aromatic N) is 3. The normalized spacial score (nSPS) is 12.1. The number of rotatable bonds is 6. The fraction of sp³-hybridized carbons (Fsp3) is 0.400. The number of carbonyl (C=O) groups is 1. The van der Waals surface area contributed by atoms with Gasteiger partial charge in [0.15, 0.2) is 22.8 Å². The Kier molecular flexibility index (Phi) is 7.33. The number of hydrogen-bond acceptors (Lipinski definition) is 8. The fourth-order valence-corrected chi connectivity index (χ4v) is 5.43. The van der Waals surface area contributed by atoms with Crippen molar-refractivity contribution in [2.45, 2.75) is 65.8 Å². The molecular formula is C30H35N3O5S. The number of aromatic hydroxyl groups is 1. The number of thiazole rings is 1. The number of ether oxygens (including phenoxy) is 2. The summed E-state index contributed by atoms with van der Waals surface area (Å²) in [5.74, 6) is 0.994. The van der Waals surface area contributed by atoms with Crippen molar-refractivity contribution < 1.29 is 19.4 Å². The molecule has 39 heavy (non-hydrogen) atoms. The van der Waals surface area contributed by atoms with Crippen molar-refractivity contribution in [2.24, 2.45) is 0 Å². The van der Waals surface area contributed by atoms with Gasteiger partial charge in [0.1, 0.15) is 18.0 Å². The zero-order valence-corrected chi connectivity index (χ0v) is 24.7. The third kappa shape index (κ3) is 5.41. The molecule has 0 atom stereocenters. The molecule has 4 aromatic rings. The van der Waals surface area contributed by atoms with E-state index in [0.29, 0.717) is 44.1 Å². The molecule has 9 heteroatoms. The van der Waals surface area contributed by atoms with Gasteiger partial charge in [-0.3, -0.25) is 9.59 Å². The van der Waals surface area contributed by atoms with Crippen LogP contribution in [0.5, 0.6) is 17.2 Å². The Labute approximate surface area is 232 Å². The number of aromatic nitrogens is 3. The number of carbonyl (C=O) groups excluding carboxylic acids is 1. The largest absolute Gasteiger partial charge is 0.507 e. The summed E-state index contributed by atoms with van der Waals surface area (Å²) in [5.41, 5.74) is 2.04. The van der Waals surface area contributed by atoms with E-state index in [1.54, 1.807) is 38.5 Å². The van der Waals surface area contributed by atoms with E-state index >= 15 is 0 Å². The molecule has 4 rings (SSSR count). The molecule has 0 saturated carbocycles. The first-order chi connectivity index (χ1) is 18.1. The molecule has 0 spiro atoms. The number of phenolic OH excluding ortho intramolecular Hbond substituents is 1. The molecule has 206 valence electrons. The van der Waals surface area contributed by atoms with Crippen molar-refractivity contribution in [1.29, 1.82) is 0 Å². The fourth-order valence-electron chi connectivity index (χ4n) is 4.51. The predicted octanol–water partition coefficient (Wildman–Crippen LogP) is 6.03. The van der Waals surface area contributed by atoms with Crippen molar-refractivity contribution in [3.63, 3.8) is 0 Å². The van der Waals surface area contributed by atoms with Gasteiger partial charge in [0.2, 0.25) is 0 Å². The quantitative estimate of drug-likeness (QED) is 0.293. The van der Waals surface area contributed by atoms with Crippen molar-refractivity contribution >= 4 is 27.3 Å². The van der Waals surface area contributed by atoms with Gasteiger partial charge in [-0.05, 0) is 48.1 Å². The Morgan fingerprint density at radius 2 is 1.56 bits per heavy atom. The summed E-state index contributed by atoms with van der Waals surface area (Å²) in [7, 11) is 3.11. The minimum atomic E-state index is -0.433. The molecule has 0 radical (unpaired) electrons. The zero-order valence-electron chi connectivity index (χ0n) is 23.9. The van der Waals surface area contributed by atoms with Gasteiger partial charge in [0.05, 0.1) is 23.9 Å². The van der Waals surface area contributed by atoms with Crippen molar-refractivity contribution in [3.05, 3.63) is 62.4 Å². The molecule has 0 aliphatic heterocycles. The summed E-state index contributed by atoms with van der Waals surface area (Å²) < 4.78 is 12.7. The Balaban J connectivity index is 1.87. The minimum absolute atomic E-state index is 0.192. The van der Waals surface area contributed by atoms with E-state index in [9.17, 15) is 14.7 Å². The van der Waals surface area contributed by atoms with Crippen molar-refractivity contribution in [2.75, 3.05) is 14.2 Å². The Morgan fingerprint density at radius 1 is 0.974 bits per heavy atom. The second-order valence-electron chi connectivity index (χ2n) is 11.6. The summed E-state index contributed by atoms with van der Waals surface area (Å²) in [6.07, 6.45) is 0. The van der Waals surface area contributed by atoms with Crippen LogP contribution in [0.2, 0.25) is 0 Å². The molecule has 8 nitrogen and oxygen atoms in total. The van der Waals surface area contributed by atoms with Crippen LogP contribution in [0.3, 0.4) is 0 Å². The highest BCUT2D eigenvalue weighted by Crippen LogP contribution is 2.40. The van der Waals surface area contributed by atoms with Gasteiger partial charge < -0.3 is 14.6 Å². The number of ketones is 1. The third-order valence-corrected chi connectivity index (χ3v) is 7.58. The van der Waals surface area contributed by atoms with Crippen LogP contribution in [-0.4, -0.2) is 39.9 Å². The van der Waals surface area contributed by atoms with Crippen LogP contribution >= 0.6 is 11.3 Å². The van der Waals surface area contributed by atoms with Crippen LogP contribution in [0.4, 0.5) is 0 Å². The lowest BCUT2D eigenvalue weighted by molar-refractivity contribution is 0.0966. The van der Waals surface area contributed by atoms with E-state index in [0.717, 1.165) is 5.01 Å². The lowest BCUT2D eigenvalue weighted by Gasteiger charge is -2.28. The minimum Gasteiger partial charge on any atom is -0.507 e. The first-order valence-electron chi connectivity index (χ1n) is 12.7. The standard InChI is InChI=1S/C30H35N3O5S/c1-16-31-25-27(39-16)24(17-10-11-22(37-8)23(14-17)38-9)32-33(28(25)36)15-21(34)18-12-19(29(2,3)4)26(35)20(13-18)30(5,6)7/h10-14,35H,15H2,1-9H3. The summed E-state index contributed by atoms with van der Waals surface area (Å²) in [6, 6.07) is 8.84. The highest BCUT2D eigenvalue weighted by molar-refractivity contribution is 7.19. The molecule has 0 aliphatic rings. The lowest BCUT2D eigenvalue weighted by atomic mass is 9.78. The van der Waals surface area contributed by atoms with Crippen LogP contribution in [0.15, 0.2) is 35.1 Å². The van der Waals surface area contributed by atoms with Crippen LogP contribution in [0.25, 0.3) is 21.5 Å². The van der Waals surface area contributed by atoms with Crippen LogP contribution < -0.4 is 15.0 Å². The first kappa shape index (κ1) is 28.3. The smallest absolute Gasteiger partial charge is 0.294 e. The van der Waals surface area contributed by atoms with E-state index in [-0.39, 0.29) is 23.6 Å². The van der Waals surface area contributed by atoms with E-state index in [1.165, 1.54) is 16.0 Å². The van der Waals surface area contributed by atoms with Crippen LogP contribution in [-0.2, 0) is 17.4 Å². The molecule has 0 fully saturated rings. The van der Waals surface area contributed by atoms with Gasteiger partial charge in [-0.25, -0.2) is 9.67 Å². The van der Waals surface area contributed by atoms with E-state index < -0.39 is 16.4 Å². The monoisotopic (exact) mass is 549 g/mol. The average molecular weight is 550 g/mol. The summed E-state index contributed by atoms with van der Waals surface area (Å²) in [6.45, 7) is 13.5. The Bertz CT molecular complexity index is 1600. The van der Waals surface area contributed by atoms with Crippen molar-refractivity contribution in [3.8, 4) is 28.5 Å². The van der Waals surface area contributed by atoms with Gasteiger partial charge in [0.25, 0.3) is 5.56 Å². The van der Waals surface area contributed by atoms with Gasteiger partial charge >= 0.3 is 0 Å². The van der Waals surface area contributed by atoms with Gasteiger partial charge in [-0.1, -0.05) is 41.5 Å². The second kappa shape index (κ2) is 10.1. The molecule has 0 bridgehead atoms. The SMILES string of the molecule is COc1ccc(-c2nn(CC(=O)c3cc(C(C)(C)C)c(O)c(C(C)(C)C)c3)c(=O)c3nc(C)sc23)cc1OC. The molecular weight excluding hydrogens is 514 g/mol. The predicted molar refractivity (Wildman–Crippen MR) is 155 cm³/mol. The zero-order chi connectivity index (χ0) is 28.9. The number of fused-ring (bicyclic) bond motifs is 1. The number of aryl methyl sites for hydroxylation is 1. The van der Waals surface area contributed by atoms with Crippen LogP contribution in [0.1, 0.15) is 68.0 Å². The third-order valence-electron chi connectivity index (χ3n) is 6.61. The summed E-state index contributed by atoms with van der Waals surface area (Å²) >= 11 is 1.37. The molecule has 2 heterocycles. The second-order valence-corrected chi connectivity index (χ2v) is 12.8. The number of Topliss-reactive ketones (excluding diaryl/α,β-unsaturated/α-hetero) is 1. The number of methoxy groups -OCH3 is 2. The van der Waals surface area contributed by atoms with E-state index in [1.807, 2.05) is 54.5 Å². The first-order valence-corrected chi connectivity index (χ1v) is 13.5. The maximum atomic E-state index is 13.7. The highest BCUT2D eigenvalue weighted by atomic mass is 32.1. The Morgan fingerprint density at radius 3 is 2.10 bits per heavy atom. The molecule has 2 aromatic heterocycles. The van der Waals surface area contributed by atoms with E-state index in [4.69, 9.17) is 9.47 Å². The van der Waals surface area contributed by atoms with E-state index in [2.05, 4.69) is 10.1 Å². The summed E-state index contributed by atoms with van der Waals surface area (Å²) in [4.78, 5) is 31.6. The lowest BCUT2D eigenvalue weighted by Crippen LogP contribution is -2.28. The molecule has 1 N–H and O–H groups in total. The molecule has 0 unspecified atom stereocenters. The molecule has 0 amide bonds. The number of phenols is 1. The van der Waals surface area contributed by atoms with Gasteiger partial charge in [0, 0.05) is 22.3 Å². The summed E-state index contributed by atoms with van der Waals surface area (Å²) in [5, 5.41) is 16.4. The number of benzene rings is 2. The molecule has 0 aliphatic carbocycles. The molecule has 0 saturated heterocycles. The maximum Gasteiger partial charge on any atom is 0.294 e. The highest BCUT2D eigenvalue weighted by Gasteiger charge is 2.28. The maximum absolute atomic E-state index is 13.7. The Hall–Kier alpha value is -3.72. The van der Waals surface area contributed by atoms with Crippen LogP contribution in [0, 0.1) is 6.92 Å². The topological polar surface area (TPSA) is 104 Å². The van der Waals surface area contributed by atoms with Gasteiger partial charge in [-0.15, -0.1) is 11.3 Å². The van der Waals surface area contributed by atoms with Crippen molar-refractivity contribution in [1.82, 2.24) is 14.8 Å². The molecule has 2 aromatic carbocycles. The number of hydrogen-bond donors (Lipinski definition) is 1. The van der Waals surface area contributed by atoms with Gasteiger partial charge in [-0.2, -0.15) is 5.10 Å². The average Bonchev–Trinajstić information content (AvgIpc) is 3.25.